The quantitative estimate of drug-likeness (QED) is 0.715. The number of hydrogen-bond acceptors (Lipinski definition) is 4. The first-order chi connectivity index (χ1) is 10.6. The molecular formula is C16H18ClN3O2. The molecule has 1 amide bonds. The molecule has 0 fully saturated rings. The molecular weight excluding hydrogens is 302 g/mol. The number of carbonyl (C=O) groups is 1. The normalized spacial score (nSPS) is 11.8. The molecule has 1 unspecified atom stereocenters. The van der Waals surface area contributed by atoms with Crippen molar-refractivity contribution in [3.63, 3.8) is 0 Å². The molecule has 0 bridgehead atoms. The highest BCUT2D eigenvalue weighted by atomic mass is 35.5. The minimum absolute atomic E-state index is 0.0861. The summed E-state index contributed by atoms with van der Waals surface area (Å²) in [5.74, 6) is -0.205. The number of benzene rings is 1. The van der Waals surface area contributed by atoms with Crippen LogP contribution in [0.25, 0.3) is 0 Å². The van der Waals surface area contributed by atoms with Crippen molar-refractivity contribution in [2.75, 3.05) is 11.9 Å². The standard InChI is InChI=1S/C16H18ClN3O2/c1-11(10-21)20-16(22)12-4-6-14(7-5-12)19-9-13-3-2-8-18-15(13)17/h2-8,11,19,21H,9-10H2,1H3,(H,20,22). The van der Waals surface area contributed by atoms with Gasteiger partial charge in [0.2, 0.25) is 0 Å². The van der Waals surface area contributed by atoms with Crippen LogP contribution >= 0.6 is 11.6 Å². The number of pyridine rings is 1. The van der Waals surface area contributed by atoms with Gasteiger partial charge in [0, 0.05) is 35.6 Å². The third-order valence-corrected chi connectivity index (χ3v) is 3.46. The lowest BCUT2D eigenvalue weighted by molar-refractivity contribution is 0.0922. The van der Waals surface area contributed by atoms with E-state index in [0.717, 1.165) is 11.3 Å². The zero-order valence-electron chi connectivity index (χ0n) is 12.2. The van der Waals surface area contributed by atoms with Gasteiger partial charge in [-0.3, -0.25) is 4.79 Å². The van der Waals surface area contributed by atoms with Crippen molar-refractivity contribution in [1.29, 1.82) is 0 Å². The Morgan fingerprint density at radius 2 is 2.05 bits per heavy atom. The van der Waals surface area contributed by atoms with Crippen LogP contribution < -0.4 is 10.6 Å². The molecule has 1 aromatic carbocycles. The molecule has 0 spiro atoms. The zero-order valence-corrected chi connectivity index (χ0v) is 13.0. The summed E-state index contributed by atoms with van der Waals surface area (Å²) in [7, 11) is 0. The summed E-state index contributed by atoms with van der Waals surface area (Å²) in [6, 6.07) is 10.6. The van der Waals surface area contributed by atoms with E-state index in [-0.39, 0.29) is 18.6 Å². The second-order valence-electron chi connectivity index (χ2n) is 4.94. The summed E-state index contributed by atoms with van der Waals surface area (Å²) in [5, 5.41) is 15.3. The Hall–Kier alpha value is -2.11. The lowest BCUT2D eigenvalue weighted by Gasteiger charge is -2.11. The molecule has 116 valence electrons. The smallest absolute Gasteiger partial charge is 0.251 e. The number of anilines is 1. The van der Waals surface area contributed by atoms with Gasteiger partial charge in [-0.1, -0.05) is 17.7 Å². The van der Waals surface area contributed by atoms with E-state index in [1.54, 1.807) is 25.3 Å². The summed E-state index contributed by atoms with van der Waals surface area (Å²) in [5.41, 5.74) is 2.33. The Kier molecular flexibility index (Phi) is 5.75. The van der Waals surface area contributed by atoms with E-state index in [1.807, 2.05) is 24.3 Å². The van der Waals surface area contributed by atoms with Gasteiger partial charge >= 0.3 is 0 Å². The highest BCUT2D eigenvalue weighted by Gasteiger charge is 2.08. The summed E-state index contributed by atoms with van der Waals surface area (Å²) < 4.78 is 0. The molecule has 0 aliphatic heterocycles. The van der Waals surface area contributed by atoms with Crippen LogP contribution in [0.5, 0.6) is 0 Å². The summed E-state index contributed by atoms with van der Waals surface area (Å²) in [6.45, 7) is 2.21. The summed E-state index contributed by atoms with van der Waals surface area (Å²) >= 11 is 5.99. The number of aromatic nitrogens is 1. The fourth-order valence-corrected chi connectivity index (χ4v) is 2.03. The third kappa shape index (κ3) is 4.44. The average molecular weight is 320 g/mol. The van der Waals surface area contributed by atoms with Crippen LogP contribution in [0, 0.1) is 0 Å². The van der Waals surface area contributed by atoms with Crippen molar-refractivity contribution in [1.82, 2.24) is 10.3 Å². The molecule has 0 radical (unpaired) electrons. The molecule has 22 heavy (non-hydrogen) atoms. The fraction of sp³-hybridized carbons (Fsp3) is 0.250. The van der Waals surface area contributed by atoms with Gasteiger partial charge in [0.1, 0.15) is 5.15 Å². The molecule has 0 saturated carbocycles. The molecule has 3 N–H and O–H groups in total. The Balaban J connectivity index is 1.95. The lowest BCUT2D eigenvalue weighted by Crippen LogP contribution is -2.34. The number of aliphatic hydroxyl groups is 1. The number of nitrogens with one attached hydrogen (secondary N) is 2. The van der Waals surface area contributed by atoms with E-state index in [2.05, 4.69) is 15.6 Å². The van der Waals surface area contributed by atoms with Crippen LogP contribution in [0.3, 0.4) is 0 Å². The minimum atomic E-state index is -0.266. The molecule has 5 nitrogen and oxygen atoms in total. The molecule has 0 saturated heterocycles. The maximum Gasteiger partial charge on any atom is 0.251 e. The van der Waals surface area contributed by atoms with Crippen molar-refractivity contribution < 1.29 is 9.90 Å². The van der Waals surface area contributed by atoms with Gasteiger partial charge in [-0.2, -0.15) is 0 Å². The number of amides is 1. The highest BCUT2D eigenvalue weighted by Crippen LogP contribution is 2.15. The number of carbonyl (C=O) groups excluding carboxylic acids is 1. The van der Waals surface area contributed by atoms with Gasteiger partial charge < -0.3 is 15.7 Å². The van der Waals surface area contributed by atoms with E-state index in [0.29, 0.717) is 17.3 Å². The Labute approximate surface area is 134 Å². The van der Waals surface area contributed by atoms with E-state index in [1.165, 1.54) is 0 Å². The number of rotatable bonds is 6. The lowest BCUT2D eigenvalue weighted by atomic mass is 10.1. The highest BCUT2D eigenvalue weighted by molar-refractivity contribution is 6.30. The molecule has 0 aliphatic rings. The van der Waals surface area contributed by atoms with Crippen LogP contribution in [0.2, 0.25) is 5.15 Å². The first-order valence-electron chi connectivity index (χ1n) is 6.95. The topological polar surface area (TPSA) is 74.2 Å². The Morgan fingerprint density at radius 3 is 2.68 bits per heavy atom. The molecule has 2 rings (SSSR count). The molecule has 2 aromatic rings. The number of hydrogen-bond donors (Lipinski definition) is 3. The number of halogens is 1. The van der Waals surface area contributed by atoms with Crippen molar-refractivity contribution >= 4 is 23.2 Å². The van der Waals surface area contributed by atoms with Crippen LogP contribution in [-0.2, 0) is 6.54 Å². The second kappa shape index (κ2) is 7.77. The predicted octanol–water partition coefficient (Wildman–Crippen LogP) is 2.46. The molecule has 1 aromatic heterocycles. The molecule has 6 heteroatoms. The van der Waals surface area contributed by atoms with E-state index < -0.39 is 0 Å². The maximum absolute atomic E-state index is 11.9. The zero-order chi connectivity index (χ0) is 15.9. The van der Waals surface area contributed by atoms with Gasteiger partial charge in [0.25, 0.3) is 5.91 Å². The first kappa shape index (κ1) is 16.3. The Bertz CT molecular complexity index is 632. The molecule has 1 atom stereocenters. The van der Waals surface area contributed by atoms with Gasteiger partial charge in [0.05, 0.1) is 6.61 Å². The first-order valence-corrected chi connectivity index (χ1v) is 7.33. The molecule has 0 aliphatic carbocycles. The maximum atomic E-state index is 11.9. The van der Waals surface area contributed by atoms with E-state index in [4.69, 9.17) is 16.7 Å². The van der Waals surface area contributed by atoms with Crippen LogP contribution in [0.15, 0.2) is 42.6 Å². The van der Waals surface area contributed by atoms with Gasteiger partial charge in [-0.15, -0.1) is 0 Å². The van der Waals surface area contributed by atoms with Crippen molar-refractivity contribution in [3.8, 4) is 0 Å². The van der Waals surface area contributed by atoms with Crippen molar-refractivity contribution in [3.05, 3.63) is 58.9 Å². The summed E-state index contributed by atoms with van der Waals surface area (Å²) in [6.07, 6.45) is 1.65. The summed E-state index contributed by atoms with van der Waals surface area (Å²) in [4.78, 5) is 15.9. The SMILES string of the molecule is CC(CO)NC(=O)c1ccc(NCc2cccnc2Cl)cc1. The van der Waals surface area contributed by atoms with E-state index >= 15 is 0 Å². The average Bonchev–Trinajstić information content (AvgIpc) is 2.54. The monoisotopic (exact) mass is 319 g/mol. The largest absolute Gasteiger partial charge is 0.394 e. The second-order valence-corrected chi connectivity index (χ2v) is 5.30. The predicted molar refractivity (Wildman–Crippen MR) is 87.0 cm³/mol. The number of aliphatic hydroxyl groups excluding tert-OH is 1. The van der Waals surface area contributed by atoms with Crippen molar-refractivity contribution in [2.45, 2.75) is 19.5 Å². The molecule has 1 heterocycles. The van der Waals surface area contributed by atoms with E-state index in [9.17, 15) is 4.79 Å². The number of nitrogens with zero attached hydrogens (tertiary/aromatic N) is 1. The van der Waals surface area contributed by atoms with Crippen molar-refractivity contribution in [2.24, 2.45) is 0 Å². The Morgan fingerprint density at radius 1 is 1.32 bits per heavy atom. The van der Waals surface area contributed by atoms with Gasteiger partial charge in [-0.25, -0.2) is 4.98 Å². The van der Waals surface area contributed by atoms with Gasteiger partial charge in [-0.05, 0) is 37.3 Å². The minimum Gasteiger partial charge on any atom is -0.394 e. The van der Waals surface area contributed by atoms with Crippen LogP contribution in [-0.4, -0.2) is 28.6 Å². The van der Waals surface area contributed by atoms with Crippen LogP contribution in [0.4, 0.5) is 5.69 Å². The van der Waals surface area contributed by atoms with Crippen LogP contribution in [0.1, 0.15) is 22.8 Å². The van der Waals surface area contributed by atoms with Gasteiger partial charge in [0.15, 0.2) is 0 Å². The third-order valence-electron chi connectivity index (χ3n) is 3.12. The fourth-order valence-electron chi connectivity index (χ4n) is 1.84.